The highest BCUT2D eigenvalue weighted by Gasteiger charge is 2.18. The second-order valence-electron chi connectivity index (χ2n) is 4.96. The quantitative estimate of drug-likeness (QED) is 0.778. The third-order valence-corrected chi connectivity index (χ3v) is 4.53. The van der Waals surface area contributed by atoms with Crippen LogP contribution in [-0.4, -0.2) is 23.0 Å². The number of carbonyl (C=O) groups is 1. The number of hydrogen-bond donors (Lipinski definition) is 1. The Morgan fingerprint density at radius 1 is 1.24 bits per heavy atom. The van der Waals surface area contributed by atoms with Crippen LogP contribution >= 0.6 is 11.3 Å². The molecule has 1 N–H and O–H groups in total. The van der Waals surface area contributed by atoms with Crippen molar-refractivity contribution >= 4 is 27.4 Å². The van der Waals surface area contributed by atoms with E-state index in [1.807, 2.05) is 43.4 Å². The van der Waals surface area contributed by atoms with Crippen LogP contribution in [0.3, 0.4) is 0 Å². The molecule has 0 saturated carbocycles. The van der Waals surface area contributed by atoms with E-state index in [1.165, 1.54) is 11.3 Å². The fourth-order valence-corrected chi connectivity index (χ4v) is 3.48. The van der Waals surface area contributed by atoms with Crippen molar-refractivity contribution in [2.75, 3.05) is 7.05 Å². The Bertz CT molecular complexity index is 761. The van der Waals surface area contributed by atoms with Gasteiger partial charge in [0.05, 0.1) is 12.8 Å². The number of carboxylic acid groups (broad SMARTS) is 1. The predicted molar refractivity (Wildman–Crippen MR) is 82.7 cm³/mol. The van der Waals surface area contributed by atoms with Gasteiger partial charge >= 0.3 is 5.97 Å². The molecule has 0 aliphatic heterocycles. The number of furan rings is 1. The first-order valence-electron chi connectivity index (χ1n) is 6.60. The summed E-state index contributed by atoms with van der Waals surface area (Å²) in [5, 5.41) is 10.4. The lowest BCUT2D eigenvalue weighted by atomic mass is 10.1. The first-order valence-corrected chi connectivity index (χ1v) is 7.41. The van der Waals surface area contributed by atoms with Gasteiger partial charge in [-0.15, -0.1) is 11.3 Å². The number of rotatable bonds is 5. The average Bonchev–Trinajstić information content (AvgIpc) is 3.07. The van der Waals surface area contributed by atoms with Gasteiger partial charge in [0.1, 0.15) is 10.6 Å². The van der Waals surface area contributed by atoms with Gasteiger partial charge < -0.3 is 9.52 Å². The van der Waals surface area contributed by atoms with Gasteiger partial charge in [-0.05, 0) is 36.2 Å². The van der Waals surface area contributed by atoms with Crippen molar-refractivity contribution in [2.24, 2.45) is 0 Å². The Morgan fingerprint density at radius 3 is 2.76 bits per heavy atom. The van der Waals surface area contributed by atoms with E-state index in [-0.39, 0.29) is 0 Å². The highest BCUT2D eigenvalue weighted by Crippen LogP contribution is 2.32. The van der Waals surface area contributed by atoms with E-state index in [2.05, 4.69) is 4.90 Å². The molecule has 0 bridgehead atoms. The number of thiophene rings is 1. The summed E-state index contributed by atoms with van der Waals surface area (Å²) in [5.74, 6) is 0.00603. The van der Waals surface area contributed by atoms with E-state index in [0.717, 1.165) is 21.4 Å². The summed E-state index contributed by atoms with van der Waals surface area (Å²) >= 11 is 1.33. The van der Waals surface area contributed by atoms with Gasteiger partial charge in [0.15, 0.2) is 0 Å². The van der Waals surface area contributed by atoms with Crippen LogP contribution in [-0.2, 0) is 13.1 Å². The largest absolute Gasteiger partial charge is 0.477 e. The molecular formula is C16H15NO3S. The lowest BCUT2D eigenvalue weighted by molar-refractivity contribution is 0.0700. The second-order valence-corrected chi connectivity index (χ2v) is 6.01. The van der Waals surface area contributed by atoms with Gasteiger partial charge in [0, 0.05) is 11.2 Å². The van der Waals surface area contributed by atoms with Gasteiger partial charge in [-0.25, -0.2) is 4.79 Å². The topological polar surface area (TPSA) is 53.7 Å². The molecule has 108 valence electrons. The second kappa shape index (κ2) is 5.71. The molecule has 21 heavy (non-hydrogen) atoms. The first kappa shape index (κ1) is 13.9. The fourth-order valence-electron chi connectivity index (χ4n) is 2.42. The van der Waals surface area contributed by atoms with Crippen LogP contribution < -0.4 is 0 Å². The van der Waals surface area contributed by atoms with Gasteiger partial charge in [-0.1, -0.05) is 18.2 Å². The summed E-state index contributed by atoms with van der Waals surface area (Å²) in [5.41, 5.74) is 0.872. The highest BCUT2D eigenvalue weighted by molar-refractivity contribution is 7.21. The van der Waals surface area contributed by atoms with E-state index >= 15 is 0 Å². The number of benzene rings is 1. The standard InChI is InChI=1S/C16H15NO3S/c1-17(9-11-5-4-8-20-11)10-13-12-6-2-3-7-14(12)21-15(13)16(18)19/h2-8H,9-10H2,1H3,(H,18,19). The third-order valence-electron chi connectivity index (χ3n) is 3.33. The minimum atomic E-state index is -0.863. The Kier molecular flexibility index (Phi) is 3.77. The zero-order chi connectivity index (χ0) is 14.8. The molecule has 4 nitrogen and oxygen atoms in total. The summed E-state index contributed by atoms with van der Waals surface area (Å²) in [6.07, 6.45) is 1.64. The summed E-state index contributed by atoms with van der Waals surface area (Å²) in [6.45, 7) is 1.22. The molecule has 0 atom stereocenters. The van der Waals surface area contributed by atoms with Crippen molar-refractivity contribution < 1.29 is 14.3 Å². The van der Waals surface area contributed by atoms with E-state index in [4.69, 9.17) is 4.42 Å². The first-order chi connectivity index (χ1) is 10.1. The minimum absolute atomic E-state index is 0.419. The Labute approximate surface area is 126 Å². The Morgan fingerprint density at radius 2 is 2.05 bits per heavy atom. The summed E-state index contributed by atoms with van der Waals surface area (Å²) < 4.78 is 6.34. The molecule has 0 saturated heterocycles. The molecule has 0 aliphatic rings. The fraction of sp³-hybridized carbons (Fsp3) is 0.188. The van der Waals surface area contributed by atoms with E-state index in [0.29, 0.717) is 18.0 Å². The normalized spacial score (nSPS) is 11.3. The molecule has 3 aromatic rings. The molecule has 1 aromatic carbocycles. The molecule has 0 spiro atoms. The smallest absolute Gasteiger partial charge is 0.346 e. The summed E-state index contributed by atoms with van der Waals surface area (Å²) in [4.78, 5) is 13.9. The monoisotopic (exact) mass is 301 g/mol. The van der Waals surface area contributed by atoms with Crippen LogP contribution in [0.4, 0.5) is 0 Å². The molecule has 0 amide bonds. The van der Waals surface area contributed by atoms with Crippen LogP contribution in [0.5, 0.6) is 0 Å². The number of fused-ring (bicyclic) bond motifs is 1. The molecule has 3 rings (SSSR count). The minimum Gasteiger partial charge on any atom is -0.477 e. The van der Waals surface area contributed by atoms with Gasteiger partial charge in [0.2, 0.25) is 0 Å². The molecule has 0 unspecified atom stereocenters. The lowest BCUT2D eigenvalue weighted by Gasteiger charge is -2.15. The maximum absolute atomic E-state index is 11.5. The molecule has 0 fully saturated rings. The number of hydrogen-bond acceptors (Lipinski definition) is 4. The van der Waals surface area contributed by atoms with Crippen molar-refractivity contribution in [3.8, 4) is 0 Å². The third kappa shape index (κ3) is 2.84. The van der Waals surface area contributed by atoms with Crippen molar-refractivity contribution in [3.05, 3.63) is 58.9 Å². The number of aromatic carboxylic acids is 1. The van der Waals surface area contributed by atoms with Crippen molar-refractivity contribution in [2.45, 2.75) is 13.1 Å². The molecule has 2 heterocycles. The molecule has 5 heteroatoms. The molecule has 0 radical (unpaired) electrons. The average molecular weight is 301 g/mol. The SMILES string of the molecule is CN(Cc1ccco1)Cc1c(C(=O)O)sc2ccccc12. The Balaban J connectivity index is 1.91. The predicted octanol–water partition coefficient (Wildman–Crippen LogP) is 3.82. The van der Waals surface area contributed by atoms with Gasteiger partial charge in [-0.3, -0.25) is 4.90 Å². The van der Waals surface area contributed by atoms with Crippen molar-refractivity contribution in [1.82, 2.24) is 4.90 Å². The van der Waals surface area contributed by atoms with Crippen LogP contribution in [0.15, 0.2) is 47.1 Å². The van der Waals surface area contributed by atoms with E-state index in [9.17, 15) is 9.90 Å². The lowest BCUT2D eigenvalue weighted by Crippen LogP contribution is -2.18. The molecular weight excluding hydrogens is 286 g/mol. The summed E-state index contributed by atoms with van der Waals surface area (Å²) in [6, 6.07) is 11.6. The van der Waals surface area contributed by atoms with Crippen LogP contribution in [0.25, 0.3) is 10.1 Å². The molecule has 2 aromatic heterocycles. The number of carboxylic acids is 1. The maximum Gasteiger partial charge on any atom is 0.346 e. The van der Waals surface area contributed by atoms with E-state index in [1.54, 1.807) is 6.26 Å². The van der Waals surface area contributed by atoms with Gasteiger partial charge in [-0.2, -0.15) is 0 Å². The van der Waals surface area contributed by atoms with Crippen LogP contribution in [0.2, 0.25) is 0 Å². The van der Waals surface area contributed by atoms with Gasteiger partial charge in [0.25, 0.3) is 0 Å². The highest BCUT2D eigenvalue weighted by atomic mass is 32.1. The zero-order valence-electron chi connectivity index (χ0n) is 11.6. The van der Waals surface area contributed by atoms with Crippen molar-refractivity contribution in [3.63, 3.8) is 0 Å². The Hall–Kier alpha value is -2.11. The van der Waals surface area contributed by atoms with Crippen molar-refractivity contribution in [1.29, 1.82) is 0 Å². The zero-order valence-corrected chi connectivity index (χ0v) is 12.4. The van der Waals surface area contributed by atoms with Crippen LogP contribution in [0, 0.1) is 0 Å². The van der Waals surface area contributed by atoms with E-state index < -0.39 is 5.97 Å². The summed E-state index contributed by atoms with van der Waals surface area (Å²) in [7, 11) is 1.96. The molecule has 0 aliphatic carbocycles. The van der Waals surface area contributed by atoms with Crippen LogP contribution in [0.1, 0.15) is 21.0 Å². The maximum atomic E-state index is 11.5. The number of nitrogens with zero attached hydrogens (tertiary/aromatic N) is 1.